The van der Waals surface area contributed by atoms with Crippen LogP contribution in [0.25, 0.3) is 0 Å². The van der Waals surface area contributed by atoms with Gasteiger partial charge in [0.15, 0.2) is 0 Å². The number of amides is 2. The Labute approximate surface area is 198 Å². The third kappa shape index (κ3) is 14.4. The van der Waals surface area contributed by atoms with Crippen LogP contribution in [0.1, 0.15) is 84.0 Å². The van der Waals surface area contributed by atoms with Crippen LogP contribution in [0.3, 0.4) is 0 Å². The van der Waals surface area contributed by atoms with Crippen molar-refractivity contribution in [1.29, 1.82) is 0 Å². The summed E-state index contributed by atoms with van der Waals surface area (Å²) in [7, 11) is 0. The molecule has 0 radical (unpaired) electrons. The number of ether oxygens (including phenoxy) is 2. The molecule has 2 amide bonds. The molecule has 2 aliphatic heterocycles. The lowest BCUT2D eigenvalue weighted by molar-refractivity contribution is -0.141. The summed E-state index contributed by atoms with van der Waals surface area (Å²) in [6, 6.07) is 0. The van der Waals surface area contributed by atoms with Crippen LogP contribution in [0.4, 0.5) is 0 Å². The number of hydrogen-bond acceptors (Lipinski definition) is 6. The summed E-state index contributed by atoms with van der Waals surface area (Å²) in [5.41, 5.74) is 0. The maximum absolute atomic E-state index is 11.3. The number of likely N-dealkylation sites (tertiary alicyclic amines) is 2. The van der Waals surface area contributed by atoms with E-state index in [2.05, 4.69) is 6.58 Å². The third-order valence-corrected chi connectivity index (χ3v) is 5.70. The quantitative estimate of drug-likeness (QED) is 0.208. The zero-order valence-electron chi connectivity index (χ0n) is 20.4. The summed E-state index contributed by atoms with van der Waals surface area (Å²) < 4.78 is 9.70. The zero-order valence-corrected chi connectivity index (χ0v) is 20.4. The first kappa shape index (κ1) is 28.7. The van der Waals surface area contributed by atoms with E-state index < -0.39 is 0 Å². The molecule has 0 N–H and O–H groups in total. The minimum atomic E-state index is -0.354. The molecule has 0 aliphatic carbocycles. The smallest absolute Gasteiger partial charge is 0.330 e. The Balaban J connectivity index is 0.000000331. The van der Waals surface area contributed by atoms with Crippen LogP contribution in [0, 0.1) is 0 Å². The molecular formula is C25H42N2O6. The zero-order chi connectivity index (χ0) is 24.3. The summed E-state index contributed by atoms with van der Waals surface area (Å²) >= 11 is 0. The van der Waals surface area contributed by atoms with E-state index in [1.807, 2.05) is 9.80 Å². The standard InChI is InChI=1S/C13H21NO3.C12H21NO3/c1-2-13(16)17-11-6-4-3-5-9-14-10-7-8-12(14)15;1-11(14)16-10-5-3-2-4-8-13-9-6-7-12(13)15/h2H,1,3-11H2;2-10H2,1H3. The molecule has 2 rings (SSSR count). The molecule has 0 bridgehead atoms. The molecule has 8 heteroatoms. The second kappa shape index (κ2) is 18.1. The maximum atomic E-state index is 11.3. The average Bonchev–Trinajstić information content (AvgIpc) is 3.40. The van der Waals surface area contributed by atoms with Gasteiger partial charge in [-0.05, 0) is 51.4 Å². The van der Waals surface area contributed by atoms with Crippen LogP contribution in [-0.4, -0.2) is 72.9 Å². The van der Waals surface area contributed by atoms with Gasteiger partial charge in [0, 0.05) is 52.0 Å². The van der Waals surface area contributed by atoms with Gasteiger partial charge in [0.05, 0.1) is 13.2 Å². The van der Waals surface area contributed by atoms with E-state index in [-0.39, 0.29) is 11.9 Å². The van der Waals surface area contributed by atoms with Gasteiger partial charge in [0.25, 0.3) is 0 Å². The van der Waals surface area contributed by atoms with Crippen LogP contribution in [0.5, 0.6) is 0 Å². The molecular weight excluding hydrogens is 424 g/mol. The van der Waals surface area contributed by atoms with E-state index in [4.69, 9.17) is 9.47 Å². The highest BCUT2D eigenvalue weighted by atomic mass is 16.5. The number of carbonyl (C=O) groups is 4. The summed E-state index contributed by atoms with van der Waals surface area (Å²) in [4.78, 5) is 47.7. The first-order chi connectivity index (χ1) is 15.9. The minimum absolute atomic E-state index is 0.206. The van der Waals surface area contributed by atoms with Crippen molar-refractivity contribution < 1.29 is 28.7 Å². The van der Waals surface area contributed by atoms with E-state index in [0.717, 1.165) is 103 Å². The van der Waals surface area contributed by atoms with Crippen LogP contribution < -0.4 is 0 Å². The lowest BCUT2D eigenvalue weighted by Crippen LogP contribution is -2.25. The molecule has 2 heterocycles. The highest BCUT2D eigenvalue weighted by molar-refractivity contribution is 5.81. The Kier molecular flexibility index (Phi) is 15.7. The van der Waals surface area contributed by atoms with Gasteiger partial charge in [-0.15, -0.1) is 0 Å². The van der Waals surface area contributed by atoms with E-state index in [1.54, 1.807) is 0 Å². The normalized spacial score (nSPS) is 15.3. The molecule has 0 aromatic rings. The molecule has 0 unspecified atom stereocenters. The van der Waals surface area contributed by atoms with Gasteiger partial charge in [0.2, 0.25) is 11.8 Å². The Morgan fingerprint density at radius 3 is 1.64 bits per heavy atom. The molecule has 2 aliphatic rings. The number of rotatable bonds is 15. The van der Waals surface area contributed by atoms with Crippen molar-refractivity contribution in [3.63, 3.8) is 0 Å². The number of esters is 2. The van der Waals surface area contributed by atoms with E-state index in [0.29, 0.717) is 25.0 Å². The van der Waals surface area contributed by atoms with Crippen LogP contribution in [0.2, 0.25) is 0 Å². The highest BCUT2D eigenvalue weighted by Crippen LogP contribution is 2.12. The molecule has 0 aromatic heterocycles. The second-order valence-corrected chi connectivity index (χ2v) is 8.51. The molecule has 2 saturated heterocycles. The largest absolute Gasteiger partial charge is 0.466 e. The van der Waals surface area contributed by atoms with Gasteiger partial charge in [-0.2, -0.15) is 0 Å². The molecule has 2 fully saturated rings. The van der Waals surface area contributed by atoms with E-state index in [1.165, 1.54) is 13.0 Å². The Bertz CT molecular complexity index is 622. The fraction of sp³-hybridized carbons (Fsp3) is 0.760. The topological polar surface area (TPSA) is 93.2 Å². The van der Waals surface area contributed by atoms with Crippen LogP contribution >= 0.6 is 0 Å². The predicted molar refractivity (Wildman–Crippen MR) is 126 cm³/mol. The van der Waals surface area contributed by atoms with Gasteiger partial charge < -0.3 is 19.3 Å². The number of hydrogen-bond donors (Lipinski definition) is 0. The predicted octanol–water partition coefficient (Wildman–Crippen LogP) is 3.63. The molecule has 8 nitrogen and oxygen atoms in total. The average molecular weight is 467 g/mol. The van der Waals surface area contributed by atoms with Gasteiger partial charge in [-0.3, -0.25) is 14.4 Å². The van der Waals surface area contributed by atoms with Gasteiger partial charge in [-0.1, -0.05) is 19.4 Å². The van der Waals surface area contributed by atoms with Crippen molar-refractivity contribution in [1.82, 2.24) is 9.80 Å². The van der Waals surface area contributed by atoms with Crippen molar-refractivity contribution in [2.75, 3.05) is 39.4 Å². The van der Waals surface area contributed by atoms with Gasteiger partial charge >= 0.3 is 11.9 Å². The SMILES string of the molecule is C=CC(=O)OCCCCCCN1CCCC1=O.CC(=O)OCCCCCCN1CCCC1=O. The monoisotopic (exact) mass is 466 g/mol. The highest BCUT2D eigenvalue weighted by Gasteiger charge is 2.19. The number of unbranched alkanes of at least 4 members (excludes halogenated alkanes) is 6. The third-order valence-electron chi connectivity index (χ3n) is 5.70. The van der Waals surface area contributed by atoms with Crippen molar-refractivity contribution in [3.05, 3.63) is 12.7 Å². The first-order valence-electron chi connectivity index (χ1n) is 12.4. The van der Waals surface area contributed by atoms with Crippen molar-refractivity contribution in [2.24, 2.45) is 0 Å². The van der Waals surface area contributed by atoms with Crippen molar-refractivity contribution >= 4 is 23.8 Å². The van der Waals surface area contributed by atoms with Crippen LogP contribution in [0.15, 0.2) is 12.7 Å². The maximum Gasteiger partial charge on any atom is 0.330 e. The van der Waals surface area contributed by atoms with E-state index in [9.17, 15) is 19.2 Å². The Hall–Kier alpha value is -2.38. The lowest BCUT2D eigenvalue weighted by Gasteiger charge is -2.14. The second-order valence-electron chi connectivity index (χ2n) is 8.51. The molecule has 0 saturated carbocycles. The summed E-state index contributed by atoms with van der Waals surface area (Å²) in [5, 5.41) is 0. The van der Waals surface area contributed by atoms with Gasteiger partial charge in [0.1, 0.15) is 0 Å². The van der Waals surface area contributed by atoms with Crippen molar-refractivity contribution in [2.45, 2.75) is 84.0 Å². The Morgan fingerprint density at radius 1 is 0.788 bits per heavy atom. The molecule has 0 aromatic carbocycles. The molecule has 188 valence electrons. The first-order valence-corrected chi connectivity index (χ1v) is 12.4. The van der Waals surface area contributed by atoms with E-state index >= 15 is 0 Å². The Morgan fingerprint density at radius 2 is 1.24 bits per heavy atom. The molecule has 0 spiro atoms. The molecule has 0 atom stereocenters. The summed E-state index contributed by atoms with van der Waals surface area (Å²) in [6.07, 6.45) is 12.8. The summed E-state index contributed by atoms with van der Waals surface area (Å²) in [5.74, 6) is 0.0418. The fourth-order valence-electron chi connectivity index (χ4n) is 3.85. The van der Waals surface area contributed by atoms with Gasteiger partial charge in [-0.25, -0.2) is 4.79 Å². The number of nitrogens with zero attached hydrogens (tertiary/aromatic N) is 2. The lowest BCUT2D eigenvalue weighted by atomic mass is 10.2. The van der Waals surface area contributed by atoms with Crippen LogP contribution in [-0.2, 0) is 28.7 Å². The number of carbonyl (C=O) groups excluding carboxylic acids is 4. The summed E-state index contributed by atoms with van der Waals surface area (Å²) in [6.45, 7) is 9.39. The fourth-order valence-corrected chi connectivity index (χ4v) is 3.85. The minimum Gasteiger partial charge on any atom is -0.466 e. The van der Waals surface area contributed by atoms with Crippen molar-refractivity contribution in [3.8, 4) is 0 Å². The molecule has 33 heavy (non-hydrogen) atoms.